The van der Waals surface area contributed by atoms with Gasteiger partial charge < -0.3 is 10.0 Å². The standard InChI is InChI=1S/C11H12N4O2S/c1-2-5-14-6-8(16)15(11(14)17)10-13-12-9(18-10)7-3-4-7/h1,7-8,16H,3-6H2. The van der Waals surface area contributed by atoms with Crippen molar-refractivity contribution < 1.29 is 9.90 Å². The number of rotatable bonds is 3. The third-order valence-electron chi connectivity index (χ3n) is 3.00. The molecule has 1 N–H and O–H groups in total. The van der Waals surface area contributed by atoms with E-state index in [1.54, 1.807) is 0 Å². The second kappa shape index (κ2) is 4.23. The van der Waals surface area contributed by atoms with E-state index in [2.05, 4.69) is 16.1 Å². The first-order valence-electron chi connectivity index (χ1n) is 5.73. The number of hydrogen-bond donors (Lipinski definition) is 1. The number of hydrogen-bond acceptors (Lipinski definition) is 5. The topological polar surface area (TPSA) is 69.6 Å². The maximum absolute atomic E-state index is 12.0. The van der Waals surface area contributed by atoms with Crippen molar-refractivity contribution >= 4 is 22.5 Å². The number of aliphatic hydroxyl groups is 1. The molecule has 0 aromatic carbocycles. The molecule has 6 nitrogen and oxygen atoms in total. The molecule has 94 valence electrons. The lowest BCUT2D eigenvalue weighted by atomic mass is 10.5. The van der Waals surface area contributed by atoms with Crippen molar-refractivity contribution in [3.8, 4) is 12.3 Å². The van der Waals surface area contributed by atoms with Crippen LogP contribution in [0.5, 0.6) is 0 Å². The van der Waals surface area contributed by atoms with Crippen LogP contribution in [0.1, 0.15) is 23.8 Å². The number of terminal acetylenes is 1. The number of nitrogens with zero attached hydrogens (tertiary/aromatic N) is 4. The quantitative estimate of drug-likeness (QED) is 0.812. The molecule has 3 rings (SSSR count). The predicted octanol–water partition coefficient (Wildman–Crippen LogP) is 0.609. The fourth-order valence-corrected chi connectivity index (χ4v) is 2.96. The first kappa shape index (κ1) is 11.4. The van der Waals surface area contributed by atoms with E-state index in [4.69, 9.17) is 6.42 Å². The van der Waals surface area contributed by atoms with Crippen molar-refractivity contribution in [2.75, 3.05) is 18.0 Å². The Bertz CT molecular complexity index is 519. The van der Waals surface area contributed by atoms with E-state index in [0.29, 0.717) is 11.0 Å². The van der Waals surface area contributed by atoms with Crippen LogP contribution in [0.2, 0.25) is 0 Å². The summed E-state index contributed by atoms with van der Waals surface area (Å²) >= 11 is 1.37. The van der Waals surface area contributed by atoms with E-state index in [1.807, 2.05) is 0 Å². The molecule has 1 saturated carbocycles. The van der Waals surface area contributed by atoms with Gasteiger partial charge in [0.05, 0.1) is 13.1 Å². The third-order valence-corrected chi connectivity index (χ3v) is 4.09. The Morgan fingerprint density at radius 3 is 2.94 bits per heavy atom. The molecule has 0 radical (unpaired) electrons. The second-order valence-corrected chi connectivity index (χ2v) is 5.40. The minimum Gasteiger partial charge on any atom is -0.371 e. The van der Waals surface area contributed by atoms with Crippen molar-refractivity contribution in [1.82, 2.24) is 15.1 Å². The highest BCUT2D eigenvalue weighted by Crippen LogP contribution is 2.43. The molecule has 7 heteroatoms. The number of urea groups is 1. The van der Waals surface area contributed by atoms with Crippen LogP contribution in [0, 0.1) is 12.3 Å². The number of anilines is 1. The molecule has 2 amide bonds. The Hall–Kier alpha value is -1.65. The van der Waals surface area contributed by atoms with Gasteiger partial charge in [0, 0.05) is 5.92 Å². The smallest absolute Gasteiger partial charge is 0.329 e. The largest absolute Gasteiger partial charge is 0.371 e. The fraction of sp³-hybridized carbons (Fsp3) is 0.545. The van der Waals surface area contributed by atoms with E-state index in [9.17, 15) is 9.90 Å². The minimum atomic E-state index is -0.897. The van der Waals surface area contributed by atoms with Gasteiger partial charge in [-0.2, -0.15) is 0 Å². The molecule has 0 bridgehead atoms. The van der Waals surface area contributed by atoms with Crippen molar-refractivity contribution in [3.05, 3.63) is 5.01 Å². The van der Waals surface area contributed by atoms with Gasteiger partial charge >= 0.3 is 6.03 Å². The minimum absolute atomic E-state index is 0.195. The summed E-state index contributed by atoms with van der Waals surface area (Å²) in [5.41, 5.74) is 0. The molecule has 0 spiro atoms. The Morgan fingerprint density at radius 2 is 2.28 bits per heavy atom. The highest BCUT2D eigenvalue weighted by molar-refractivity contribution is 7.15. The molecule has 2 fully saturated rings. The van der Waals surface area contributed by atoms with E-state index in [-0.39, 0.29) is 19.1 Å². The Morgan fingerprint density at radius 1 is 1.50 bits per heavy atom. The van der Waals surface area contributed by atoms with E-state index < -0.39 is 6.23 Å². The van der Waals surface area contributed by atoms with Gasteiger partial charge in [0.2, 0.25) is 5.13 Å². The zero-order valence-electron chi connectivity index (χ0n) is 9.61. The predicted molar refractivity (Wildman–Crippen MR) is 66.2 cm³/mol. The molecular formula is C11H12N4O2S. The summed E-state index contributed by atoms with van der Waals surface area (Å²) in [7, 11) is 0. The normalized spacial score (nSPS) is 23.6. The van der Waals surface area contributed by atoms with Gasteiger partial charge in [0.25, 0.3) is 0 Å². The number of β-amino-alcohol motifs (C(OH)–C–C–N with tert-alkyl or cyclic N) is 1. The number of carbonyl (C=O) groups excluding carboxylic acids is 1. The zero-order valence-corrected chi connectivity index (χ0v) is 10.4. The SMILES string of the molecule is C#CCN1CC(O)N(c2nnc(C3CC3)s2)C1=O. The van der Waals surface area contributed by atoms with Gasteiger partial charge in [0.1, 0.15) is 5.01 Å². The lowest BCUT2D eigenvalue weighted by Crippen LogP contribution is -2.34. The maximum Gasteiger partial charge on any atom is 0.329 e. The molecule has 1 saturated heterocycles. The van der Waals surface area contributed by atoms with Crippen LogP contribution in [0.4, 0.5) is 9.93 Å². The molecule has 1 unspecified atom stereocenters. The molecule has 1 aromatic heterocycles. The highest BCUT2D eigenvalue weighted by atomic mass is 32.1. The molecule has 1 atom stereocenters. The van der Waals surface area contributed by atoms with Crippen molar-refractivity contribution in [2.45, 2.75) is 25.0 Å². The summed E-state index contributed by atoms with van der Waals surface area (Å²) in [5, 5.41) is 19.4. The van der Waals surface area contributed by atoms with Crippen LogP contribution >= 0.6 is 11.3 Å². The average Bonchev–Trinajstić information content (AvgIpc) is 3.02. The van der Waals surface area contributed by atoms with Crippen molar-refractivity contribution in [2.24, 2.45) is 0 Å². The lowest BCUT2D eigenvalue weighted by molar-refractivity contribution is 0.181. The third kappa shape index (κ3) is 1.83. The van der Waals surface area contributed by atoms with Crippen LogP contribution in [0.3, 0.4) is 0 Å². The van der Waals surface area contributed by atoms with Gasteiger partial charge in [-0.1, -0.05) is 17.3 Å². The lowest BCUT2D eigenvalue weighted by Gasteiger charge is -2.14. The number of carbonyl (C=O) groups is 1. The first-order valence-corrected chi connectivity index (χ1v) is 6.55. The van der Waals surface area contributed by atoms with Crippen molar-refractivity contribution in [3.63, 3.8) is 0 Å². The second-order valence-electron chi connectivity index (χ2n) is 4.41. The molecular weight excluding hydrogens is 252 g/mol. The Balaban J connectivity index is 1.82. The van der Waals surface area contributed by atoms with E-state index in [1.165, 1.54) is 21.1 Å². The average molecular weight is 264 g/mol. The monoisotopic (exact) mass is 264 g/mol. The summed E-state index contributed by atoms with van der Waals surface area (Å²) in [6, 6.07) is -0.307. The van der Waals surface area contributed by atoms with Gasteiger partial charge in [-0.25, -0.2) is 9.69 Å². The molecule has 1 aromatic rings. The molecule has 1 aliphatic heterocycles. The molecule has 18 heavy (non-hydrogen) atoms. The van der Waals surface area contributed by atoms with Crippen LogP contribution < -0.4 is 4.90 Å². The number of amides is 2. The summed E-state index contributed by atoms with van der Waals surface area (Å²) < 4.78 is 0. The van der Waals surface area contributed by atoms with Crippen LogP contribution in [0.15, 0.2) is 0 Å². The van der Waals surface area contributed by atoms with E-state index in [0.717, 1.165) is 17.8 Å². The number of aromatic nitrogens is 2. The van der Waals surface area contributed by atoms with Crippen LogP contribution in [-0.4, -0.2) is 45.6 Å². The van der Waals surface area contributed by atoms with Gasteiger partial charge in [0.15, 0.2) is 6.23 Å². The Labute approximate surface area is 108 Å². The molecule has 1 aliphatic carbocycles. The number of aliphatic hydroxyl groups excluding tert-OH is 1. The molecule has 2 aliphatic rings. The summed E-state index contributed by atoms with van der Waals surface area (Å²) in [6.45, 7) is 0.405. The summed E-state index contributed by atoms with van der Waals surface area (Å²) in [5.74, 6) is 2.89. The summed E-state index contributed by atoms with van der Waals surface area (Å²) in [6.07, 6.45) is 6.55. The first-order chi connectivity index (χ1) is 8.70. The van der Waals surface area contributed by atoms with E-state index >= 15 is 0 Å². The molecule has 2 heterocycles. The van der Waals surface area contributed by atoms with Gasteiger partial charge in [-0.3, -0.25) is 0 Å². The fourth-order valence-electron chi connectivity index (χ4n) is 1.91. The van der Waals surface area contributed by atoms with Crippen molar-refractivity contribution in [1.29, 1.82) is 0 Å². The maximum atomic E-state index is 12.0. The van der Waals surface area contributed by atoms with Crippen LogP contribution in [-0.2, 0) is 0 Å². The highest BCUT2D eigenvalue weighted by Gasteiger charge is 2.39. The summed E-state index contributed by atoms with van der Waals surface area (Å²) in [4.78, 5) is 14.7. The zero-order chi connectivity index (χ0) is 12.7. The Kier molecular flexibility index (Phi) is 2.69. The van der Waals surface area contributed by atoms with Gasteiger partial charge in [-0.05, 0) is 12.8 Å². The van der Waals surface area contributed by atoms with Crippen LogP contribution in [0.25, 0.3) is 0 Å². The van der Waals surface area contributed by atoms with Gasteiger partial charge in [-0.15, -0.1) is 16.6 Å².